The zero-order valence-corrected chi connectivity index (χ0v) is 7.83. The number of allylic oxidation sites excluding steroid dienone is 1. The standard InChI is InChI=1S/C12H13N/c1-3-5-12(9-13)11-7-4-6-10(2)8-11/h3-4,6-8,12H,1,5H2,2H3/t12-/m1/s1. The van der Waals surface area contributed by atoms with Gasteiger partial charge in [0.05, 0.1) is 12.0 Å². The fraction of sp³-hybridized carbons (Fsp3) is 0.250. The Morgan fingerprint density at radius 1 is 1.62 bits per heavy atom. The Morgan fingerprint density at radius 3 is 2.92 bits per heavy atom. The predicted octanol–water partition coefficient (Wildman–Crippen LogP) is 3.18. The summed E-state index contributed by atoms with van der Waals surface area (Å²) in [5.41, 5.74) is 2.28. The third kappa shape index (κ3) is 2.45. The minimum Gasteiger partial charge on any atom is -0.198 e. The molecule has 0 fully saturated rings. The summed E-state index contributed by atoms with van der Waals surface area (Å²) < 4.78 is 0. The van der Waals surface area contributed by atoms with E-state index in [9.17, 15) is 0 Å². The Balaban J connectivity index is 2.92. The highest BCUT2D eigenvalue weighted by Crippen LogP contribution is 2.19. The van der Waals surface area contributed by atoms with E-state index in [1.54, 1.807) is 6.08 Å². The van der Waals surface area contributed by atoms with Gasteiger partial charge in [-0.15, -0.1) is 6.58 Å². The van der Waals surface area contributed by atoms with Gasteiger partial charge in [-0.2, -0.15) is 5.26 Å². The second-order valence-corrected chi connectivity index (χ2v) is 3.12. The van der Waals surface area contributed by atoms with Crippen molar-refractivity contribution in [1.29, 1.82) is 5.26 Å². The summed E-state index contributed by atoms with van der Waals surface area (Å²) >= 11 is 0. The number of nitrogens with zero attached hydrogens (tertiary/aromatic N) is 1. The lowest BCUT2D eigenvalue weighted by molar-refractivity contribution is 0.877. The molecule has 0 aliphatic heterocycles. The Morgan fingerprint density at radius 2 is 2.38 bits per heavy atom. The van der Waals surface area contributed by atoms with Crippen LogP contribution >= 0.6 is 0 Å². The molecule has 0 bridgehead atoms. The van der Waals surface area contributed by atoms with E-state index in [1.807, 2.05) is 25.1 Å². The van der Waals surface area contributed by atoms with Crippen molar-refractivity contribution in [3.05, 3.63) is 48.0 Å². The van der Waals surface area contributed by atoms with Crippen LogP contribution in [-0.2, 0) is 0 Å². The van der Waals surface area contributed by atoms with Crippen LogP contribution < -0.4 is 0 Å². The van der Waals surface area contributed by atoms with Crippen LogP contribution in [0.4, 0.5) is 0 Å². The molecule has 13 heavy (non-hydrogen) atoms. The lowest BCUT2D eigenvalue weighted by Gasteiger charge is -2.06. The molecule has 0 aliphatic rings. The number of hydrogen-bond donors (Lipinski definition) is 0. The third-order valence-electron chi connectivity index (χ3n) is 2.00. The summed E-state index contributed by atoms with van der Waals surface area (Å²) in [4.78, 5) is 0. The molecule has 66 valence electrons. The van der Waals surface area contributed by atoms with Crippen LogP contribution in [-0.4, -0.2) is 0 Å². The van der Waals surface area contributed by atoms with E-state index in [2.05, 4.69) is 18.7 Å². The average molecular weight is 171 g/mol. The van der Waals surface area contributed by atoms with E-state index in [4.69, 9.17) is 5.26 Å². The van der Waals surface area contributed by atoms with Crippen molar-refractivity contribution in [3.63, 3.8) is 0 Å². The Hall–Kier alpha value is -1.55. The summed E-state index contributed by atoms with van der Waals surface area (Å²) in [5, 5.41) is 8.90. The summed E-state index contributed by atoms with van der Waals surface area (Å²) in [7, 11) is 0. The molecule has 1 atom stereocenters. The van der Waals surface area contributed by atoms with Crippen LogP contribution in [0.15, 0.2) is 36.9 Å². The monoisotopic (exact) mass is 171 g/mol. The molecule has 0 N–H and O–H groups in total. The maximum absolute atomic E-state index is 8.90. The molecular formula is C12H13N. The van der Waals surface area contributed by atoms with Crippen molar-refractivity contribution in [2.45, 2.75) is 19.3 Å². The zero-order valence-electron chi connectivity index (χ0n) is 7.83. The minimum absolute atomic E-state index is 0.0441. The van der Waals surface area contributed by atoms with E-state index < -0.39 is 0 Å². The van der Waals surface area contributed by atoms with Crippen LogP contribution in [0, 0.1) is 18.3 Å². The third-order valence-corrected chi connectivity index (χ3v) is 2.00. The highest BCUT2D eigenvalue weighted by atomic mass is 14.3. The first-order valence-electron chi connectivity index (χ1n) is 4.35. The molecule has 0 aromatic heterocycles. The largest absolute Gasteiger partial charge is 0.198 e. The van der Waals surface area contributed by atoms with Crippen molar-refractivity contribution in [3.8, 4) is 6.07 Å². The van der Waals surface area contributed by atoms with Crippen LogP contribution in [0.2, 0.25) is 0 Å². The number of benzene rings is 1. The van der Waals surface area contributed by atoms with E-state index in [-0.39, 0.29) is 5.92 Å². The van der Waals surface area contributed by atoms with Crippen molar-refractivity contribution in [2.24, 2.45) is 0 Å². The van der Waals surface area contributed by atoms with Crippen LogP contribution in [0.3, 0.4) is 0 Å². The van der Waals surface area contributed by atoms with Crippen LogP contribution in [0.25, 0.3) is 0 Å². The van der Waals surface area contributed by atoms with Gasteiger partial charge in [0.1, 0.15) is 0 Å². The van der Waals surface area contributed by atoms with Gasteiger partial charge in [-0.05, 0) is 18.9 Å². The molecule has 0 radical (unpaired) electrons. The molecule has 0 heterocycles. The van der Waals surface area contributed by atoms with Gasteiger partial charge in [0.2, 0.25) is 0 Å². The molecule has 0 saturated heterocycles. The van der Waals surface area contributed by atoms with Gasteiger partial charge in [0.15, 0.2) is 0 Å². The van der Waals surface area contributed by atoms with Crippen molar-refractivity contribution >= 4 is 0 Å². The molecule has 0 amide bonds. The van der Waals surface area contributed by atoms with Crippen LogP contribution in [0.1, 0.15) is 23.5 Å². The van der Waals surface area contributed by atoms with Crippen LogP contribution in [0.5, 0.6) is 0 Å². The highest BCUT2D eigenvalue weighted by Gasteiger charge is 2.07. The maximum Gasteiger partial charge on any atom is 0.0747 e. The first kappa shape index (κ1) is 9.54. The quantitative estimate of drug-likeness (QED) is 0.641. The van der Waals surface area contributed by atoms with Gasteiger partial charge in [-0.25, -0.2) is 0 Å². The fourth-order valence-electron chi connectivity index (χ4n) is 1.32. The van der Waals surface area contributed by atoms with Gasteiger partial charge < -0.3 is 0 Å². The number of aryl methyl sites for hydroxylation is 1. The van der Waals surface area contributed by atoms with Gasteiger partial charge >= 0.3 is 0 Å². The smallest absolute Gasteiger partial charge is 0.0747 e. The predicted molar refractivity (Wildman–Crippen MR) is 54.3 cm³/mol. The van der Waals surface area contributed by atoms with E-state index in [0.29, 0.717) is 0 Å². The first-order chi connectivity index (χ1) is 6.27. The molecule has 0 unspecified atom stereocenters. The number of nitriles is 1. The van der Waals surface area contributed by atoms with Gasteiger partial charge in [-0.1, -0.05) is 35.9 Å². The highest BCUT2D eigenvalue weighted by molar-refractivity contribution is 5.29. The van der Waals surface area contributed by atoms with E-state index in [1.165, 1.54) is 5.56 Å². The minimum atomic E-state index is -0.0441. The molecule has 1 heteroatoms. The molecular weight excluding hydrogens is 158 g/mol. The lowest BCUT2D eigenvalue weighted by Crippen LogP contribution is -1.93. The molecule has 1 aromatic carbocycles. The maximum atomic E-state index is 8.90. The molecule has 1 nitrogen and oxygen atoms in total. The average Bonchev–Trinajstić information content (AvgIpc) is 2.14. The summed E-state index contributed by atoms with van der Waals surface area (Å²) in [6, 6.07) is 10.3. The van der Waals surface area contributed by atoms with E-state index in [0.717, 1.165) is 12.0 Å². The molecule has 1 aromatic rings. The normalized spacial score (nSPS) is 11.7. The molecule has 0 saturated carbocycles. The number of rotatable bonds is 3. The fourth-order valence-corrected chi connectivity index (χ4v) is 1.32. The second-order valence-electron chi connectivity index (χ2n) is 3.12. The van der Waals surface area contributed by atoms with E-state index >= 15 is 0 Å². The van der Waals surface area contributed by atoms with Gasteiger partial charge in [-0.3, -0.25) is 0 Å². The topological polar surface area (TPSA) is 23.8 Å². The molecule has 1 rings (SSSR count). The Kier molecular flexibility index (Phi) is 3.28. The summed E-state index contributed by atoms with van der Waals surface area (Å²) in [6.45, 7) is 5.68. The van der Waals surface area contributed by atoms with Gasteiger partial charge in [0.25, 0.3) is 0 Å². The SMILES string of the molecule is C=CC[C@H](C#N)c1cccc(C)c1. The lowest BCUT2D eigenvalue weighted by atomic mass is 9.96. The Bertz CT molecular complexity index is 333. The first-order valence-corrected chi connectivity index (χ1v) is 4.35. The number of hydrogen-bond acceptors (Lipinski definition) is 1. The van der Waals surface area contributed by atoms with Gasteiger partial charge in [0, 0.05) is 0 Å². The molecule has 0 aliphatic carbocycles. The second kappa shape index (κ2) is 4.47. The van der Waals surface area contributed by atoms with Crippen molar-refractivity contribution in [2.75, 3.05) is 0 Å². The van der Waals surface area contributed by atoms with Crippen molar-refractivity contribution < 1.29 is 0 Å². The summed E-state index contributed by atoms with van der Waals surface area (Å²) in [5.74, 6) is -0.0441. The van der Waals surface area contributed by atoms with Crippen molar-refractivity contribution in [1.82, 2.24) is 0 Å². The Labute approximate surface area is 79.3 Å². The zero-order chi connectivity index (χ0) is 9.68. The molecule has 0 spiro atoms. The summed E-state index contributed by atoms with van der Waals surface area (Å²) in [6.07, 6.45) is 2.51.